The molecule has 1 unspecified atom stereocenters. The van der Waals surface area contributed by atoms with E-state index in [2.05, 4.69) is 15.3 Å². The standard InChI is InChI=1S/C12H16N4O2/c1-8-3-4-10(7-9(8)2)11(12(17)18)14-5-6-15-16-13/h3-4,7,11,14H,5-6H2,1-2H3,(H,17,18). The van der Waals surface area contributed by atoms with Crippen LogP contribution in [0.15, 0.2) is 23.3 Å². The van der Waals surface area contributed by atoms with Crippen molar-refractivity contribution in [3.05, 3.63) is 45.3 Å². The van der Waals surface area contributed by atoms with Gasteiger partial charge in [0.25, 0.3) is 0 Å². The van der Waals surface area contributed by atoms with Crippen LogP contribution in [0.4, 0.5) is 0 Å². The molecule has 0 amide bonds. The van der Waals surface area contributed by atoms with E-state index in [1.165, 1.54) is 0 Å². The monoisotopic (exact) mass is 248 g/mol. The SMILES string of the molecule is Cc1ccc(C(NCCN=[N+]=[N-])C(=O)O)cc1C. The van der Waals surface area contributed by atoms with Gasteiger partial charge in [-0.1, -0.05) is 23.3 Å². The number of carboxylic acid groups (broad SMARTS) is 1. The molecule has 6 nitrogen and oxygen atoms in total. The van der Waals surface area contributed by atoms with Gasteiger partial charge in [-0.15, -0.1) is 0 Å². The third kappa shape index (κ3) is 3.76. The van der Waals surface area contributed by atoms with E-state index in [4.69, 9.17) is 5.53 Å². The van der Waals surface area contributed by atoms with Gasteiger partial charge in [-0.25, -0.2) is 0 Å². The fourth-order valence-electron chi connectivity index (χ4n) is 1.60. The number of aliphatic carboxylic acids is 1. The Morgan fingerprint density at radius 2 is 2.22 bits per heavy atom. The number of rotatable bonds is 6. The Morgan fingerprint density at radius 3 is 2.78 bits per heavy atom. The van der Waals surface area contributed by atoms with Crippen LogP contribution in [0.3, 0.4) is 0 Å². The molecule has 0 aliphatic heterocycles. The summed E-state index contributed by atoms with van der Waals surface area (Å²) in [7, 11) is 0. The second kappa shape index (κ2) is 6.64. The van der Waals surface area contributed by atoms with Crippen molar-refractivity contribution < 1.29 is 9.90 Å². The van der Waals surface area contributed by atoms with Crippen LogP contribution in [0.25, 0.3) is 10.4 Å². The molecule has 0 heterocycles. The smallest absolute Gasteiger partial charge is 0.325 e. The Hall–Kier alpha value is -2.04. The molecule has 0 aromatic heterocycles. The minimum absolute atomic E-state index is 0.227. The summed E-state index contributed by atoms with van der Waals surface area (Å²) in [6.07, 6.45) is 0. The number of carbonyl (C=O) groups is 1. The fourth-order valence-corrected chi connectivity index (χ4v) is 1.60. The molecule has 0 radical (unpaired) electrons. The molecular formula is C12H16N4O2. The van der Waals surface area contributed by atoms with Crippen LogP contribution in [0.2, 0.25) is 0 Å². The van der Waals surface area contributed by atoms with Gasteiger partial charge < -0.3 is 10.4 Å². The van der Waals surface area contributed by atoms with Gasteiger partial charge in [0.1, 0.15) is 6.04 Å². The van der Waals surface area contributed by atoms with E-state index < -0.39 is 12.0 Å². The molecule has 2 N–H and O–H groups in total. The van der Waals surface area contributed by atoms with Gasteiger partial charge in [0.15, 0.2) is 0 Å². The van der Waals surface area contributed by atoms with Crippen LogP contribution in [-0.2, 0) is 4.79 Å². The number of benzene rings is 1. The third-order valence-corrected chi connectivity index (χ3v) is 2.73. The molecule has 1 aromatic carbocycles. The van der Waals surface area contributed by atoms with Gasteiger partial charge in [0, 0.05) is 18.0 Å². The summed E-state index contributed by atoms with van der Waals surface area (Å²) in [5.41, 5.74) is 11.0. The van der Waals surface area contributed by atoms with Crippen molar-refractivity contribution in [2.24, 2.45) is 5.11 Å². The first kappa shape index (κ1) is 14.0. The molecule has 1 atom stereocenters. The summed E-state index contributed by atoms with van der Waals surface area (Å²) >= 11 is 0. The molecule has 0 bridgehead atoms. The number of aryl methyl sites for hydroxylation is 2. The Morgan fingerprint density at radius 1 is 1.50 bits per heavy atom. The predicted molar refractivity (Wildman–Crippen MR) is 68.3 cm³/mol. The Balaban J connectivity index is 2.80. The minimum atomic E-state index is -0.945. The highest BCUT2D eigenvalue weighted by molar-refractivity contribution is 5.75. The van der Waals surface area contributed by atoms with Crippen molar-refractivity contribution >= 4 is 5.97 Å². The minimum Gasteiger partial charge on any atom is -0.480 e. The molecule has 1 rings (SSSR count). The van der Waals surface area contributed by atoms with Gasteiger partial charge in [-0.05, 0) is 36.1 Å². The highest BCUT2D eigenvalue weighted by Crippen LogP contribution is 2.17. The fraction of sp³-hybridized carbons (Fsp3) is 0.417. The highest BCUT2D eigenvalue weighted by atomic mass is 16.4. The van der Waals surface area contributed by atoms with Crippen molar-refractivity contribution in [2.45, 2.75) is 19.9 Å². The third-order valence-electron chi connectivity index (χ3n) is 2.73. The van der Waals surface area contributed by atoms with Crippen molar-refractivity contribution in [1.82, 2.24) is 5.32 Å². The first-order valence-electron chi connectivity index (χ1n) is 5.60. The number of nitrogens with zero attached hydrogens (tertiary/aromatic N) is 3. The molecule has 0 aliphatic carbocycles. The van der Waals surface area contributed by atoms with Gasteiger partial charge in [0.2, 0.25) is 0 Å². The van der Waals surface area contributed by atoms with Crippen LogP contribution in [0.1, 0.15) is 22.7 Å². The molecule has 6 heteroatoms. The summed E-state index contributed by atoms with van der Waals surface area (Å²) in [4.78, 5) is 13.8. The lowest BCUT2D eigenvalue weighted by Crippen LogP contribution is -2.30. The zero-order valence-corrected chi connectivity index (χ0v) is 10.4. The van der Waals surface area contributed by atoms with Crippen LogP contribution >= 0.6 is 0 Å². The predicted octanol–water partition coefficient (Wildman–Crippen LogP) is 2.33. The van der Waals surface area contributed by atoms with Crippen molar-refractivity contribution in [3.8, 4) is 0 Å². The number of azide groups is 1. The molecular weight excluding hydrogens is 232 g/mol. The van der Waals surface area contributed by atoms with E-state index >= 15 is 0 Å². The molecule has 0 spiro atoms. The van der Waals surface area contributed by atoms with Crippen LogP contribution in [0, 0.1) is 13.8 Å². The molecule has 0 saturated heterocycles. The van der Waals surface area contributed by atoms with E-state index in [0.29, 0.717) is 12.1 Å². The maximum Gasteiger partial charge on any atom is 0.325 e. The molecule has 0 fully saturated rings. The number of hydrogen-bond acceptors (Lipinski definition) is 3. The summed E-state index contributed by atoms with van der Waals surface area (Å²) < 4.78 is 0. The largest absolute Gasteiger partial charge is 0.480 e. The topological polar surface area (TPSA) is 98.1 Å². The molecule has 0 aliphatic rings. The summed E-state index contributed by atoms with van der Waals surface area (Å²) in [5.74, 6) is -0.945. The first-order valence-corrected chi connectivity index (χ1v) is 5.60. The first-order chi connectivity index (χ1) is 8.56. The van der Waals surface area contributed by atoms with Gasteiger partial charge in [-0.2, -0.15) is 0 Å². The van der Waals surface area contributed by atoms with Crippen molar-refractivity contribution in [3.63, 3.8) is 0 Å². The second-order valence-corrected chi connectivity index (χ2v) is 4.02. The van der Waals surface area contributed by atoms with Crippen LogP contribution < -0.4 is 5.32 Å². The van der Waals surface area contributed by atoms with E-state index in [9.17, 15) is 9.90 Å². The number of nitrogens with one attached hydrogen (secondary N) is 1. The lowest BCUT2D eigenvalue weighted by Gasteiger charge is -2.15. The van der Waals surface area contributed by atoms with E-state index in [0.717, 1.165) is 11.1 Å². The summed E-state index contributed by atoms with van der Waals surface area (Å²) in [6, 6.07) is 4.77. The van der Waals surface area contributed by atoms with Gasteiger partial charge in [-0.3, -0.25) is 4.79 Å². The molecule has 0 saturated carbocycles. The Bertz CT molecular complexity index is 481. The summed E-state index contributed by atoms with van der Waals surface area (Å²) in [6.45, 7) is 4.47. The van der Waals surface area contributed by atoms with E-state index in [1.54, 1.807) is 6.07 Å². The lowest BCUT2D eigenvalue weighted by molar-refractivity contribution is -0.139. The normalized spacial score (nSPS) is 11.7. The van der Waals surface area contributed by atoms with Crippen molar-refractivity contribution in [1.29, 1.82) is 0 Å². The number of hydrogen-bond donors (Lipinski definition) is 2. The maximum atomic E-state index is 11.2. The number of carboxylic acids is 1. The zero-order valence-electron chi connectivity index (χ0n) is 10.4. The van der Waals surface area contributed by atoms with Crippen LogP contribution in [0.5, 0.6) is 0 Å². The van der Waals surface area contributed by atoms with Gasteiger partial charge >= 0.3 is 5.97 Å². The Kier molecular flexibility index (Phi) is 5.17. The summed E-state index contributed by atoms with van der Waals surface area (Å²) in [5, 5.41) is 15.4. The highest BCUT2D eigenvalue weighted by Gasteiger charge is 2.18. The average Bonchev–Trinajstić information content (AvgIpc) is 2.32. The second-order valence-electron chi connectivity index (χ2n) is 4.02. The molecule has 18 heavy (non-hydrogen) atoms. The maximum absolute atomic E-state index is 11.2. The van der Waals surface area contributed by atoms with E-state index in [1.807, 2.05) is 26.0 Å². The van der Waals surface area contributed by atoms with Crippen molar-refractivity contribution in [2.75, 3.05) is 13.1 Å². The molecule has 96 valence electrons. The van der Waals surface area contributed by atoms with Gasteiger partial charge in [0.05, 0.1) is 0 Å². The molecule has 1 aromatic rings. The zero-order chi connectivity index (χ0) is 13.5. The average molecular weight is 248 g/mol. The van der Waals surface area contributed by atoms with E-state index in [-0.39, 0.29) is 6.54 Å². The van der Waals surface area contributed by atoms with Crippen LogP contribution in [-0.4, -0.2) is 24.2 Å². The quantitative estimate of drug-likeness (QED) is 0.350. The Labute approximate surface area is 105 Å². The lowest BCUT2D eigenvalue weighted by atomic mass is 10.0.